The number of Topliss-reactive ketones (excluding diaryl/α,β-unsaturated/α-hetero) is 1. The van der Waals surface area contributed by atoms with E-state index in [0.29, 0.717) is 24.5 Å². The molecule has 1 heterocycles. The molecule has 0 aromatic heterocycles. The Labute approximate surface area is 102 Å². The fourth-order valence-electron chi connectivity index (χ4n) is 3.24. The molecule has 1 aliphatic heterocycles. The van der Waals surface area contributed by atoms with E-state index in [1.165, 1.54) is 0 Å². The molecule has 1 saturated carbocycles. The van der Waals surface area contributed by atoms with Gasteiger partial charge in [0.05, 0.1) is 5.92 Å². The van der Waals surface area contributed by atoms with Crippen LogP contribution < -0.4 is 0 Å². The Morgan fingerprint density at radius 2 is 1.88 bits per heavy atom. The van der Waals surface area contributed by atoms with Crippen molar-refractivity contribution in [3.05, 3.63) is 0 Å². The molecule has 1 saturated heterocycles. The Bertz CT molecular complexity index is 309. The van der Waals surface area contributed by atoms with Gasteiger partial charge in [-0.2, -0.15) is 0 Å². The Morgan fingerprint density at radius 1 is 1.35 bits per heavy atom. The highest BCUT2D eigenvalue weighted by atomic mass is 16.4. The third-order valence-corrected chi connectivity index (χ3v) is 3.87. The summed E-state index contributed by atoms with van der Waals surface area (Å²) in [6.07, 6.45) is 1.08. The summed E-state index contributed by atoms with van der Waals surface area (Å²) >= 11 is 0. The predicted molar refractivity (Wildman–Crippen MR) is 63.6 cm³/mol. The number of carboxylic acids is 1. The van der Waals surface area contributed by atoms with Crippen LogP contribution in [-0.2, 0) is 9.59 Å². The van der Waals surface area contributed by atoms with Crippen LogP contribution in [0.15, 0.2) is 0 Å². The first-order chi connectivity index (χ1) is 7.97. The van der Waals surface area contributed by atoms with Crippen molar-refractivity contribution >= 4 is 11.8 Å². The Balaban J connectivity index is 2.03. The second kappa shape index (κ2) is 4.77. The predicted octanol–water partition coefficient (Wildman–Crippen LogP) is 1.25. The second-order valence-corrected chi connectivity index (χ2v) is 5.92. The van der Waals surface area contributed by atoms with Gasteiger partial charge in [-0.3, -0.25) is 9.59 Å². The first-order valence-corrected chi connectivity index (χ1v) is 6.46. The Hall–Kier alpha value is -0.900. The van der Waals surface area contributed by atoms with Gasteiger partial charge in [-0.25, -0.2) is 0 Å². The number of carbonyl (C=O) groups is 2. The highest BCUT2D eigenvalue weighted by Gasteiger charge is 2.43. The molecule has 4 nitrogen and oxygen atoms in total. The van der Waals surface area contributed by atoms with Crippen LogP contribution in [0.1, 0.15) is 26.7 Å². The van der Waals surface area contributed by atoms with Crippen molar-refractivity contribution in [2.75, 3.05) is 19.6 Å². The van der Waals surface area contributed by atoms with Gasteiger partial charge in [-0.15, -0.1) is 0 Å². The van der Waals surface area contributed by atoms with Crippen molar-refractivity contribution in [2.45, 2.75) is 26.7 Å². The summed E-state index contributed by atoms with van der Waals surface area (Å²) < 4.78 is 0. The number of carbonyl (C=O) groups excluding carboxylic acids is 1. The molecule has 2 unspecified atom stereocenters. The number of rotatable bonds is 3. The fraction of sp³-hybridized carbons (Fsp3) is 0.846. The maximum Gasteiger partial charge on any atom is 0.306 e. The van der Waals surface area contributed by atoms with Gasteiger partial charge >= 0.3 is 5.97 Å². The zero-order valence-electron chi connectivity index (χ0n) is 10.6. The number of fused-ring (bicyclic) bond motifs is 2. The van der Waals surface area contributed by atoms with Gasteiger partial charge < -0.3 is 10.0 Å². The maximum absolute atomic E-state index is 12.0. The molecule has 0 radical (unpaired) electrons. The smallest absolute Gasteiger partial charge is 0.306 e. The molecular weight excluding hydrogens is 218 g/mol. The van der Waals surface area contributed by atoms with E-state index in [9.17, 15) is 9.59 Å². The minimum atomic E-state index is -0.732. The van der Waals surface area contributed by atoms with Gasteiger partial charge in [0.15, 0.2) is 0 Å². The number of likely N-dealkylation sites (tertiary alicyclic amines) is 1. The minimum Gasteiger partial charge on any atom is -0.481 e. The van der Waals surface area contributed by atoms with Crippen molar-refractivity contribution in [1.29, 1.82) is 0 Å². The van der Waals surface area contributed by atoms with E-state index in [4.69, 9.17) is 5.11 Å². The standard InChI is InChI=1S/C13H21NO3/c1-8(2)5-14-6-10-3-9(13(16)17)4-11(7-14)12(10)15/h8-11H,3-7H2,1-2H3,(H,16,17). The van der Waals surface area contributed by atoms with Crippen molar-refractivity contribution in [3.8, 4) is 0 Å². The molecule has 2 bridgehead atoms. The molecule has 1 N–H and O–H groups in total. The molecular formula is C13H21NO3. The van der Waals surface area contributed by atoms with Crippen molar-refractivity contribution in [1.82, 2.24) is 4.90 Å². The average molecular weight is 239 g/mol. The molecule has 4 heteroatoms. The van der Waals surface area contributed by atoms with Crippen LogP contribution in [0.25, 0.3) is 0 Å². The third-order valence-electron chi connectivity index (χ3n) is 3.87. The maximum atomic E-state index is 12.0. The fourth-order valence-corrected chi connectivity index (χ4v) is 3.24. The van der Waals surface area contributed by atoms with Crippen LogP contribution in [0.4, 0.5) is 0 Å². The molecule has 2 aliphatic rings. The van der Waals surface area contributed by atoms with Crippen molar-refractivity contribution < 1.29 is 14.7 Å². The first-order valence-electron chi connectivity index (χ1n) is 6.46. The highest BCUT2D eigenvalue weighted by Crippen LogP contribution is 2.35. The summed E-state index contributed by atoms with van der Waals surface area (Å²) in [6.45, 7) is 6.88. The van der Waals surface area contributed by atoms with Gasteiger partial charge in [0, 0.05) is 31.5 Å². The van der Waals surface area contributed by atoms with Crippen LogP contribution >= 0.6 is 0 Å². The Morgan fingerprint density at radius 3 is 2.29 bits per heavy atom. The molecule has 1 aliphatic carbocycles. The van der Waals surface area contributed by atoms with Crippen LogP contribution in [0, 0.1) is 23.7 Å². The first kappa shape index (κ1) is 12.6. The second-order valence-electron chi connectivity index (χ2n) is 5.92. The summed E-state index contributed by atoms with van der Waals surface area (Å²) in [5.74, 6) is -0.208. The molecule has 0 spiro atoms. The van der Waals surface area contributed by atoms with Gasteiger partial charge in [0.25, 0.3) is 0 Å². The van der Waals surface area contributed by atoms with E-state index >= 15 is 0 Å². The largest absolute Gasteiger partial charge is 0.481 e. The topological polar surface area (TPSA) is 57.6 Å². The minimum absolute atomic E-state index is 0.0395. The zero-order chi connectivity index (χ0) is 12.6. The summed E-state index contributed by atoms with van der Waals surface area (Å²) in [5.41, 5.74) is 0. The zero-order valence-corrected chi connectivity index (χ0v) is 10.6. The van der Waals surface area contributed by atoms with E-state index in [1.54, 1.807) is 0 Å². The van der Waals surface area contributed by atoms with Crippen LogP contribution in [0.3, 0.4) is 0 Å². The number of hydrogen-bond acceptors (Lipinski definition) is 3. The summed E-state index contributed by atoms with van der Waals surface area (Å²) in [6, 6.07) is 0. The quantitative estimate of drug-likeness (QED) is 0.805. The number of aliphatic carboxylic acids is 1. The van der Waals surface area contributed by atoms with E-state index < -0.39 is 5.97 Å². The lowest BCUT2D eigenvalue weighted by Crippen LogP contribution is -2.52. The van der Waals surface area contributed by atoms with Gasteiger partial charge in [-0.05, 0) is 18.8 Å². The third kappa shape index (κ3) is 2.68. The SMILES string of the molecule is CC(C)CN1CC2CC(C(=O)O)CC(C1)C2=O. The average Bonchev–Trinajstić information content (AvgIpc) is 2.18. The van der Waals surface area contributed by atoms with Gasteiger partial charge in [-0.1, -0.05) is 13.8 Å². The van der Waals surface area contributed by atoms with Crippen LogP contribution in [0.2, 0.25) is 0 Å². The Kier molecular flexibility index (Phi) is 3.52. The highest BCUT2D eigenvalue weighted by molar-refractivity contribution is 5.87. The normalized spacial score (nSPS) is 34.1. The lowest BCUT2D eigenvalue weighted by atomic mass is 9.71. The van der Waals surface area contributed by atoms with E-state index in [1.807, 2.05) is 0 Å². The summed E-state index contributed by atoms with van der Waals surface area (Å²) in [7, 11) is 0. The number of nitrogens with zero attached hydrogens (tertiary/aromatic N) is 1. The van der Waals surface area contributed by atoms with Crippen LogP contribution in [0.5, 0.6) is 0 Å². The number of piperidine rings is 1. The summed E-state index contributed by atoms with van der Waals surface area (Å²) in [5, 5.41) is 9.07. The molecule has 2 rings (SSSR count). The van der Waals surface area contributed by atoms with Crippen molar-refractivity contribution in [3.63, 3.8) is 0 Å². The van der Waals surface area contributed by atoms with E-state index in [-0.39, 0.29) is 17.8 Å². The monoisotopic (exact) mass is 239 g/mol. The molecule has 96 valence electrons. The molecule has 0 aromatic rings. The molecule has 2 fully saturated rings. The molecule has 0 aromatic carbocycles. The lowest BCUT2D eigenvalue weighted by Gasteiger charge is -2.42. The molecule has 0 amide bonds. The van der Waals surface area contributed by atoms with Crippen LogP contribution in [-0.4, -0.2) is 41.4 Å². The van der Waals surface area contributed by atoms with Gasteiger partial charge in [0.2, 0.25) is 0 Å². The van der Waals surface area contributed by atoms with Crippen molar-refractivity contribution in [2.24, 2.45) is 23.7 Å². The summed E-state index contributed by atoms with van der Waals surface area (Å²) in [4.78, 5) is 25.3. The number of carboxylic acid groups (broad SMARTS) is 1. The molecule has 2 atom stereocenters. The van der Waals surface area contributed by atoms with Gasteiger partial charge in [0.1, 0.15) is 5.78 Å². The van der Waals surface area contributed by atoms with E-state index in [0.717, 1.165) is 19.6 Å². The number of ketones is 1. The number of hydrogen-bond donors (Lipinski definition) is 1. The lowest BCUT2D eigenvalue weighted by molar-refractivity contribution is -0.149. The van der Waals surface area contributed by atoms with E-state index in [2.05, 4.69) is 18.7 Å². The molecule has 17 heavy (non-hydrogen) atoms.